The number of rotatable bonds is 4. The number of halogens is 3. The van der Waals surface area contributed by atoms with E-state index in [-0.39, 0.29) is 24.6 Å². The first kappa shape index (κ1) is 17.1. The third kappa shape index (κ3) is 3.55. The van der Waals surface area contributed by atoms with Gasteiger partial charge >= 0.3 is 0 Å². The molecule has 0 saturated heterocycles. The summed E-state index contributed by atoms with van der Waals surface area (Å²) in [5.41, 5.74) is 1.69. The summed E-state index contributed by atoms with van der Waals surface area (Å²) in [6, 6.07) is 5.04. The maximum Gasteiger partial charge on any atom is 0.265 e. The second-order valence-corrected chi connectivity index (χ2v) is 8.85. The van der Waals surface area contributed by atoms with Crippen molar-refractivity contribution in [2.45, 2.75) is 18.4 Å². The Morgan fingerprint density at radius 1 is 1.33 bits per heavy atom. The number of aliphatic hydroxyl groups excluding tert-OH is 1. The standard InChI is InChI=1S/C12H10BrCl2NO3S2/c1-6-2-3-8(7(4-6)5-17)16-21(18,19)10-9(13)11(14)20-12(10)15/h2-4,16-17H,5H2,1H3. The van der Waals surface area contributed by atoms with Crippen LogP contribution in [-0.2, 0) is 16.6 Å². The Bertz CT molecular complexity index is 790. The second kappa shape index (κ2) is 6.44. The number of benzene rings is 1. The summed E-state index contributed by atoms with van der Waals surface area (Å²) in [6.45, 7) is 1.57. The van der Waals surface area contributed by atoms with E-state index in [1.54, 1.807) is 18.2 Å². The minimum absolute atomic E-state index is 0.0667. The molecule has 9 heteroatoms. The smallest absolute Gasteiger partial charge is 0.265 e. The van der Waals surface area contributed by atoms with Gasteiger partial charge in [0.05, 0.1) is 16.8 Å². The first-order valence-corrected chi connectivity index (χ1v) is 9.47. The third-order valence-electron chi connectivity index (χ3n) is 2.67. The van der Waals surface area contributed by atoms with Crippen molar-refractivity contribution in [3.8, 4) is 0 Å². The van der Waals surface area contributed by atoms with Gasteiger partial charge in [0.1, 0.15) is 13.6 Å². The van der Waals surface area contributed by atoms with Gasteiger partial charge in [0, 0.05) is 5.56 Å². The third-order valence-corrected chi connectivity index (χ3v) is 7.50. The van der Waals surface area contributed by atoms with Gasteiger partial charge < -0.3 is 5.11 Å². The lowest BCUT2D eigenvalue weighted by Crippen LogP contribution is -2.14. The van der Waals surface area contributed by atoms with E-state index >= 15 is 0 Å². The molecule has 114 valence electrons. The summed E-state index contributed by atoms with van der Waals surface area (Å²) in [5.74, 6) is 0. The van der Waals surface area contributed by atoms with Gasteiger partial charge in [-0.25, -0.2) is 8.42 Å². The van der Waals surface area contributed by atoms with Crippen LogP contribution in [0.3, 0.4) is 0 Å². The summed E-state index contributed by atoms with van der Waals surface area (Å²) in [4.78, 5) is -0.108. The highest BCUT2D eigenvalue weighted by atomic mass is 79.9. The molecule has 0 atom stereocenters. The molecule has 0 amide bonds. The lowest BCUT2D eigenvalue weighted by molar-refractivity contribution is 0.282. The molecule has 1 heterocycles. The van der Waals surface area contributed by atoms with Gasteiger partial charge in [-0.1, -0.05) is 40.9 Å². The van der Waals surface area contributed by atoms with Gasteiger partial charge in [-0.15, -0.1) is 11.3 Å². The second-order valence-electron chi connectivity index (χ2n) is 4.22. The van der Waals surface area contributed by atoms with Crippen LogP contribution in [0.1, 0.15) is 11.1 Å². The number of nitrogens with one attached hydrogen (secondary N) is 1. The number of thiophene rings is 1. The SMILES string of the molecule is Cc1ccc(NS(=O)(=O)c2c(Cl)sc(Cl)c2Br)c(CO)c1. The van der Waals surface area contributed by atoms with Crippen molar-refractivity contribution in [1.82, 2.24) is 0 Å². The van der Waals surface area contributed by atoms with E-state index in [2.05, 4.69) is 20.7 Å². The van der Waals surface area contributed by atoms with Crippen molar-refractivity contribution in [3.63, 3.8) is 0 Å². The van der Waals surface area contributed by atoms with Crippen molar-refractivity contribution < 1.29 is 13.5 Å². The molecule has 0 radical (unpaired) electrons. The Hall–Kier alpha value is -0.310. The van der Waals surface area contributed by atoms with E-state index in [1.807, 2.05) is 6.92 Å². The summed E-state index contributed by atoms with van der Waals surface area (Å²) < 4.78 is 27.9. The summed E-state index contributed by atoms with van der Waals surface area (Å²) in [6.07, 6.45) is 0. The number of aryl methyl sites for hydroxylation is 1. The fourth-order valence-electron chi connectivity index (χ4n) is 1.72. The highest BCUT2D eigenvalue weighted by Gasteiger charge is 2.26. The summed E-state index contributed by atoms with van der Waals surface area (Å²) in [5, 5.41) is 9.33. The fourth-order valence-corrected chi connectivity index (χ4v) is 6.38. The molecule has 2 rings (SSSR count). The molecule has 0 aliphatic carbocycles. The van der Waals surface area contributed by atoms with Crippen LogP contribution in [0.5, 0.6) is 0 Å². The summed E-state index contributed by atoms with van der Waals surface area (Å²) >= 11 is 15.9. The Balaban J connectivity index is 2.47. The molecular formula is C12H10BrCl2NO3S2. The Kier molecular flexibility index (Phi) is 5.23. The zero-order chi connectivity index (χ0) is 15.8. The minimum Gasteiger partial charge on any atom is -0.392 e. The van der Waals surface area contributed by atoms with Crippen LogP contribution in [0.15, 0.2) is 27.6 Å². The molecule has 21 heavy (non-hydrogen) atoms. The van der Waals surface area contributed by atoms with E-state index in [0.29, 0.717) is 11.3 Å². The van der Waals surface area contributed by atoms with Gasteiger partial charge in [0.15, 0.2) is 0 Å². The van der Waals surface area contributed by atoms with Crippen molar-refractivity contribution in [3.05, 3.63) is 42.5 Å². The van der Waals surface area contributed by atoms with Crippen LogP contribution in [0.4, 0.5) is 5.69 Å². The molecule has 0 aliphatic heterocycles. The number of anilines is 1. The van der Waals surface area contributed by atoms with Crippen LogP contribution >= 0.6 is 50.5 Å². The van der Waals surface area contributed by atoms with Crippen molar-refractivity contribution in [1.29, 1.82) is 0 Å². The van der Waals surface area contributed by atoms with Crippen LogP contribution in [0, 0.1) is 6.92 Å². The molecule has 0 spiro atoms. The van der Waals surface area contributed by atoms with E-state index < -0.39 is 10.0 Å². The fraction of sp³-hybridized carbons (Fsp3) is 0.167. The van der Waals surface area contributed by atoms with Gasteiger partial charge in [-0.2, -0.15) is 0 Å². The highest BCUT2D eigenvalue weighted by Crippen LogP contribution is 2.43. The molecule has 4 nitrogen and oxygen atoms in total. The predicted octanol–water partition coefficient (Wildman–Crippen LogP) is 4.42. The zero-order valence-corrected chi connectivity index (χ0v) is 15.4. The largest absolute Gasteiger partial charge is 0.392 e. The van der Waals surface area contributed by atoms with Gasteiger partial charge in [-0.05, 0) is 28.9 Å². The maximum atomic E-state index is 12.5. The Morgan fingerprint density at radius 3 is 2.52 bits per heavy atom. The number of hydrogen-bond donors (Lipinski definition) is 2. The molecule has 0 fully saturated rings. The first-order chi connectivity index (χ1) is 9.76. The molecule has 0 unspecified atom stereocenters. The van der Waals surface area contributed by atoms with Crippen molar-refractivity contribution in [2.24, 2.45) is 0 Å². The molecule has 0 saturated carbocycles. The molecular weight excluding hydrogens is 421 g/mol. The van der Waals surface area contributed by atoms with E-state index in [4.69, 9.17) is 23.2 Å². The maximum absolute atomic E-state index is 12.5. The molecule has 2 aromatic rings. The molecule has 0 bridgehead atoms. The normalized spacial score (nSPS) is 11.7. The lowest BCUT2D eigenvalue weighted by atomic mass is 10.1. The van der Waals surface area contributed by atoms with Crippen LogP contribution < -0.4 is 4.72 Å². The Labute approximate surface area is 144 Å². The first-order valence-electron chi connectivity index (χ1n) is 5.62. The average molecular weight is 431 g/mol. The molecule has 2 N–H and O–H groups in total. The van der Waals surface area contributed by atoms with Crippen LogP contribution in [0.25, 0.3) is 0 Å². The molecule has 1 aromatic heterocycles. The van der Waals surface area contributed by atoms with Crippen LogP contribution in [-0.4, -0.2) is 13.5 Å². The summed E-state index contributed by atoms with van der Waals surface area (Å²) in [7, 11) is -3.91. The van der Waals surface area contributed by atoms with E-state index in [9.17, 15) is 13.5 Å². The predicted molar refractivity (Wildman–Crippen MR) is 89.9 cm³/mol. The highest BCUT2D eigenvalue weighted by molar-refractivity contribution is 9.10. The molecule has 0 aliphatic rings. The Morgan fingerprint density at radius 2 is 2.00 bits per heavy atom. The van der Waals surface area contributed by atoms with Gasteiger partial charge in [-0.3, -0.25) is 4.72 Å². The zero-order valence-electron chi connectivity index (χ0n) is 10.7. The number of aliphatic hydroxyl groups is 1. The quantitative estimate of drug-likeness (QED) is 0.754. The topological polar surface area (TPSA) is 66.4 Å². The minimum atomic E-state index is -3.91. The van der Waals surface area contributed by atoms with Crippen molar-refractivity contribution in [2.75, 3.05) is 4.72 Å². The van der Waals surface area contributed by atoms with E-state index in [1.165, 1.54) is 0 Å². The van der Waals surface area contributed by atoms with Crippen molar-refractivity contribution >= 4 is 66.2 Å². The van der Waals surface area contributed by atoms with E-state index in [0.717, 1.165) is 16.9 Å². The number of hydrogen-bond acceptors (Lipinski definition) is 4. The van der Waals surface area contributed by atoms with Crippen LogP contribution in [0.2, 0.25) is 8.67 Å². The average Bonchev–Trinajstić information content (AvgIpc) is 2.65. The lowest BCUT2D eigenvalue weighted by Gasteiger charge is -2.12. The molecule has 1 aromatic carbocycles. The van der Waals surface area contributed by atoms with Gasteiger partial charge in [0.2, 0.25) is 0 Å². The monoisotopic (exact) mass is 429 g/mol. The van der Waals surface area contributed by atoms with Gasteiger partial charge in [0.25, 0.3) is 10.0 Å². The number of sulfonamides is 1.